The van der Waals surface area contributed by atoms with Gasteiger partial charge in [0, 0.05) is 55.4 Å². The van der Waals surface area contributed by atoms with Gasteiger partial charge in [-0.1, -0.05) is 24.3 Å². The van der Waals surface area contributed by atoms with Crippen molar-refractivity contribution in [2.45, 2.75) is 128 Å². The second kappa shape index (κ2) is 19.4. The second-order valence-corrected chi connectivity index (χ2v) is 14.3. The highest BCUT2D eigenvalue weighted by Gasteiger charge is 2.62. The van der Waals surface area contributed by atoms with Crippen LogP contribution >= 0.6 is 0 Å². The maximum atomic E-state index is 12.7. The molecule has 2 unspecified atom stereocenters. The molecule has 2 saturated heterocycles. The van der Waals surface area contributed by atoms with E-state index >= 15 is 0 Å². The molecule has 4 aliphatic heterocycles. The van der Waals surface area contributed by atoms with Crippen LogP contribution in [0.25, 0.3) is 0 Å². The molecule has 4 aliphatic rings. The number of hydrogen-bond donors (Lipinski definition) is 0. The number of esters is 8. The van der Waals surface area contributed by atoms with E-state index < -0.39 is 133 Å². The van der Waals surface area contributed by atoms with Gasteiger partial charge in [-0.2, -0.15) is 0 Å². The van der Waals surface area contributed by atoms with Gasteiger partial charge < -0.3 is 47.4 Å². The van der Waals surface area contributed by atoms with Gasteiger partial charge >= 0.3 is 47.8 Å². The molecule has 0 aliphatic carbocycles. The quantitative estimate of drug-likeness (QED) is 0.187. The second-order valence-electron chi connectivity index (χ2n) is 14.3. The minimum Gasteiger partial charge on any atom is -0.463 e. The summed E-state index contributed by atoms with van der Waals surface area (Å²) in [5, 5.41) is 24.4. The first-order chi connectivity index (χ1) is 29.3. The molecule has 24 nitrogen and oxygen atoms in total. The molecule has 0 spiro atoms. The van der Waals surface area contributed by atoms with Gasteiger partial charge in [-0.05, 0) is 21.6 Å². The van der Waals surface area contributed by atoms with Crippen LogP contribution < -0.4 is 0 Å². The first kappa shape index (κ1) is 46.5. The van der Waals surface area contributed by atoms with Gasteiger partial charge in [0.25, 0.3) is 0 Å². The van der Waals surface area contributed by atoms with Crippen molar-refractivity contribution in [2.24, 2.45) is 30.9 Å². The van der Waals surface area contributed by atoms with E-state index in [2.05, 4.69) is 30.9 Å². The molecule has 0 bridgehead atoms. The number of carbonyl (C=O) groups is 8. The van der Waals surface area contributed by atoms with Crippen molar-refractivity contribution in [1.29, 1.82) is 0 Å². The molecular weight excluding hydrogens is 828 g/mol. The maximum Gasteiger partial charge on any atom is 0.303 e. The summed E-state index contributed by atoms with van der Waals surface area (Å²) >= 11 is 0. The fourth-order valence-corrected chi connectivity index (χ4v) is 7.50. The molecule has 0 aromatic heterocycles. The molecule has 0 N–H and O–H groups in total. The summed E-state index contributed by atoms with van der Waals surface area (Å²) in [6.07, 6.45) is -12.2. The smallest absolute Gasteiger partial charge is 0.303 e. The minimum absolute atomic E-state index is 0.260. The summed E-state index contributed by atoms with van der Waals surface area (Å²) in [7, 11) is 0. The van der Waals surface area contributed by atoms with Gasteiger partial charge in [0.15, 0.2) is 47.7 Å². The standard InChI is InChI=1S/C38H44N6O18/c1-17(45)53-13-27-29(55-19(3)47)31(57-21(5)49)33(59-23(7)51)35(61-27)37(15-39-43-41-37)25-9-11-26(12-10-25)38(16-40-44-42-38)36-34(60-24(8)52)32(58-22(6)50)30(56-20(4)48)28(62-36)14-54-18(2)46/h9-12,15-16,27-36H,13-14H2,1-8H3/t27-,28-,29-,30-,31-,32+,33-,34-,35-,36-,37?,38?/m1/s1. The fraction of sp³-hybridized carbons (Fsp3) is 0.579. The summed E-state index contributed by atoms with van der Waals surface area (Å²) in [6, 6.07) is 6.09. The van der Waals surface area contributed by atoms with E-state index in [1.807, 2.05) is 0 Å². The zero-order valence-corrected chi connectivity index (χ0v) is 34.7. The summed E-state index contributed by atoms with van der Waals surface area (Å²) in [5.41, 5.74) is -3.06. The largest absolute Gasteiger partial charge is 0.463 e. The predicted octanol–water partition coefficient (Wildman–Crippen LogP) is 1.23. The summed E-state index contributed by atoms with van der Waals surface area (Å²) in [5.74, 6) is -6.49. The van der Waals surface area contributed by atoms with Gasteiger partial charge in [-0.3, -0.25) is 38.4 Å². The van der Waals surface area contributed by atoms with Crippen LogP contribution in [0.1, 0.15) is 66.5 Å². The topological polar surface area (TPSA) is 303 Å². The molecule has 5 rings (SSSR count). The molecule has 0 amide bonds. The van der Waals surface area contributed by atoms with E-state index in [4.69, 9.17) is 47.4 Å². The van der Waals surface area contributed by atoms with Gasteiger partial charge in [0.1, 0.15) is 37.6 Å². The van der Waals surface area contributed by atoms with Gasteiger partial charge in [-0.15, -0.1) is 20.4 Å². The average molecular weight is 873 g/mol. The van der Waals surface area contributed by atoms with E-state index in [0.29, 0.717) is 0 Å². The Kier molecular flexibility index (Phi) is 14.6. The SMILES string of the molecule is CC(=O)OC[C@H]1O[C@@H](C2(c3ccc(C4([C@@H]5O[C@H](COC(C)=O)[C@@H](OC(C)=O)[C@@H](OC(C)=O)[C@H]5OC(C)=O)C=NN=N4)cc3)C=NN=N2)[C@H](OC(C)=O)[C@@H](OC(C)=O)[C@@H]1OC(C)=O. The lowest BCUT2D eigenvalue weighted by molar-refractivity contribution is -0.259. The van der Waals surface area contributed by atoms with Crippen molar-refractivity contribution in [2.75, 3.05) is 13.2 Å². The Balaban J connectivity index is 1.64. The van der Waals surface area contributed by atoms with Crippen LogP contribution in [-0.2, 0) is 96.8 Å². The van der Waals surface area contributed by atoms with Crippen LogP contribution in [0.15, 0.2) is 55.1 Å². The van der Waals surface area contributed by atoms with Crippen molar-refractivity contribution in [3.8, 4) is 0 Å². The lowest BCUT2D eigenvalue weighted by Crippen LogP contribution is -2.67. The Morgan fingerprint density at radius 3 is 1.00 bits per heavy atom. The first-order valence-corrected chi connectivity index (χ1v) is 18.9. The average Bonchev–Trinajstić information content (AvgIpc) is 3.88. The lowest BCUT2D eigenvalue weighted by atomic mass is 9.76. The van der Waals surface area contributed by atoms with Crippen molar-refractivity contribution >= 4 is 60.2 Å². The van der Waals surface area contributed by atoms with Gasteiger partial charge in [0.2, 0.25) is 0 Å². The highest BCUT2D eigenvalue weighted by Crippen LogP contribution is 2.45. The van der Waals surface area contributed by atoms with E-state index in [1.54, 1.807) is 0 Å². The fourth-order valence-electron chi connectivity index (χ4n) is 7.50. The highest BCUT2D eigenvalue weighted by molar-refractivity contribution is 5.79. The first-order valence-electron chi connectivity index (χ1n) is 18.9. The van der Waals surface area contributed by atoms with Crippen molar-refractivity contribution < 1.29 is 85.7 Å². The zero-order valence-electron chi connectivity index (χ0n) is 34.7. The Labute approximate surface area is 352 Å². The van der Waals surface area contributed by atoms with E-state index in [-0.39, 0.29) is 11.1 Å². The molecule has 4 heterocycles. The Bertz CT molecular complexity index is 1890. The molecule has 24 heteroatoms. The maximum absolute atomic E-state index is 12.7. The Hall–Kier alpha value is -6.56. The van der Waals surface area contributed by atoms with Crippen molar-refractivity contribution in [3.63, 3.8) is 0 Å². The molecule has 0 saturated carbocycles. The predicted molar refractivity (Wildman–Crippen MR) is 200 cm³/mol. The third kappa shape index (κ3) is 10.3. The van der Waals surface area contributed by atoms with Crippen molar-refractivity contribution in [1.82, 2.24) is 0 Å². The highest BCUT2D eigenvalue weighted by atomic mass is 16.7. The molecule has 2 fully saturated rings. The van der Waals surface area contributed by atoms with E-state index in [0.717, 1.165) is 55.4 Å². The number of ether oxygens (including phenoxy) is 10. The summed E-state index contributed by atoms with van der Waals surface area (Å²) < 4.78 is 57.1. The Morgan fingerprint density at radius 1 is 0.452 bits per heavy atom. The number of benzene rings is 1. The van der Waals surface area contributed by atoms with Crippen LogP contribution in [0, 0.1) is 0 Å². The number of nitrogens with zero attached hydrogens (tertiary/aromatic N) is 6. The molecule has 334 valence electrons. The number of carbonyl (C=O) groups excluding carboxylic acids is 8. The molecule has 62 heavy (non-hydrogen) atoms. The number of hydrogen-bond acceptors (Lipinski definition) is 24. The molecule has 1 aromatic carbocycles. The molecular formula is C38H44N6O18. The normalized spacial score (nSPS) is 31.9. The molecule has 1 aromatic rings. The van der Waals surface area contributed by atoms with Crippen LogP contribution in [0.3, 0.4) is 0 Å². The molecule has 12 atom stereocenters. The van der Waals surface area contributed by atoms with E-state index in [1.165, 1.54) is 36.7 Å². The van der Waals surface area contributed by atoms with Gasteiger partial charge in [0.05, 0.1) is 12.4 Å². The third-order valence-electron chi connectivity index (χ3n) is 9.69. The zero-order chi connectivity index (χ0) is 45.5. The van der Waals surface area contributed by atoms with Crippen LogP contribution in [-0.4, -0.2) is 134 Å². The van der Waals surface area contributed by atoms with Gasteiger partial charge in [-0.25, -0.2) is 0 Å². The minimum atomic E-state index is -1.79. The lowest BCUT2D eigenvalue weighted by Gasteiger charge is -2.48. The summed E-state index contributed by atoms with van der Waals surface area (Å²) in [6.45, 7) is 7.76. The van der Waals surface area contributed by atoms with Crippen molar-refractivity contribution in [3.05, 3.63) is 35.4 Å². The third-order valence-corrected chi connectivity index (χ3v) is 9.69. The summed E-state index contributed by atoms with van der Waals surface area (Å²) in [4.78, 5) is 98.9. The van der Waals surface area contributed by atoms with E-state index in [9.17, 15) is 38.4 Å². The Morgan fingerprint density at radius 2 is 0.742 bits per heavy atom. The van der Waals surface area contributed by atoms with Crippen LogP contribution in [0.5, 0.6) is 0 Å². The van der Waals surface area contributed by atoms with Crippen LogP contribution in [0.4, 0.5) is 0 Å². The monoisotopic (exact) mass is 872 g/mol. The van der Waals surface area contributed by atoms with Crippen LogP contribution in [0.2, 0.25) is 0 Å². The molecule has 0 radical (unpaired) electrons. The number of rotatable bonds is 14.